The Kier molecular flexibility index (Phi) is 7.10. The van der Waals surface area contributed by atoms with Crippen LogP contribution >= 0.6 is 11.3 Å². The van der Waals surface area contributed by atoms with Gasteiger partial charge in [-0.25, -0.2) is 0 Å². The Hall–Kier alpha value is -2.57. The first-order valence-corrected chi connectivity index (χ1v) is 11.9. The summed E-state index contributed by atoms with van der Waals surface area (Å²) in [6, 6.07) is 18.6. The maximum absolute atomic E-state index is 12.8. The van der Waals surface area contributed by atoms with Crippen LogP contribution in [0.25, 0.3) is 10.6 Å². The third-order valence-electron chi connectivity index (χ3n) is 6.11. The summed E-state index contributed by atoms with van der Waals surface area (Å²) in [6.45, 7) is 7.31. The van der Waals surface area contributed by atoms with E-state index >= 15 is 0 Å². The zero-order chi connectivity index (χ0) is 21.6. The van der Waals surface area contributed by atoms with Crippen LogP contribution in [0.4, 0.5) is 5.69 Å². The number of likely N-dealkylation sites (tertiary alicyclic amines) is 1. The van der Waals surface area contributed by atoms with Crippen LogP contribution in [-0.2, 0) is 4.79 Å². The third-order valence-corrected chi connectivity index (χ3v) is 7.00. The van der Waals surface area contributed by atoms with Crippen LogP contribution in [0.1, 0.15) is 42.7 Å². The lowest BCUT2D eigenvalue weighted by molar-refractivity contribution is -0.121. The molecule has 1 aliphatic heterocycles. The largest absolute Gasteiger partial charge is 0.326 e. The van der Waals surface area contributed by atoms with Crippen LogP contribution < -0.4 is 5.32 Å². The Bertz CT molecular complexity index is 996. The Morgan fingerprint density at radius 1 is 1.13 bits per heavy atom. The summed E-state index contributed by atoms with van der Waals surface area (Å²) < 4.78 is 0. The number of aryl methyl sites for hydroxylation is 1. The van der Waals surface area contributed by atoms with Gasteiger partial charge in [-0.3, -0.25) is 4.79 Å². The van der Waals surface area contributed by atoms with Gasteiger partial charge in [-0.2, -0.15) is 0 Å². The van der Waals surface area contributed by atoms with E-state index in [0.29, 0.717) is 5.92 Å². The molecule has 4 rings (SSSR count). The number of anilines is 1. The van der Waals surface area contributed by atoms with Crippen LogP contribution in [0, 0.1) is 12.8 Å². The molecule has 1 saturated heterocycles. The number of hydrogen-bond acceptors (Lipinski definition) is 5. The Morgan fingerprint density at radius 2 is 1.90 bits per heavy atom. The number of piperidine rings is 1. The van der Waals surface area contributed by atoms with Gasteiger partial charge in [0.15, 0.2) is 0 Å². The van der Waals surface area contributed by atoms with Gasteiger partial charge in [0.25, 0.3) is 0 Å². The van der Waals surface area contributed by atoms with Gasteiger partial charge in [-0.05, 0) is 69.4 Å². The van der Waals surface area contributed by atoms with Crippen molar-refractivity contribution in [2.45, 2.75) is 39.0 Å². The number of nitrogens with one attached hydrogen (secondary N) is 1. The van der Waals surface area contributed by atoms with Gasteiger partial charge in [0.2, 0.25) is 5.91 Å². The molecule has 1 aliphatic rings. The van der Waals surface area contributed by atoms with E-state index in [0.717, 1.165) is 60.2 Å². The SMILES string of the molecule is Cc1nnc(-c2cccc(NC(=O)C3CCN(CCC(C)c4ccccc4)CC3)c2)s1. The fourth-order valence-electron chi connectivity index (χ4n) is 4.13. The molecule has 2 heterocycles. The molecular formula is C25H30N4OS. The van der Waals surface area contributed by atoms with E-state index in [1.54, 1.807) is 11.3 Å². The molecule has 2 aromatic carbocycles. The lowest BCUT2D eigenvalue weighted by Gasteiger charge is -2.32. The van der Waals surface area contributed by atoms with Gasteiger partial charge in [0, 0.05) is 17.2 Å². The van der Waals surface area contributed by atoms with Crippen LogP contribution in [0.3, 0.4) is 0 Å². The van der Waals surface area contributed by atoms with Crippen LogP contribution in [0.15, 0.2) is 54.6 Å². The van der Waals surface area contributed by atoms with Gasteiger partial charge < -0.3 is 10.2 Å². The quantitative estimate of drug-likeness (QED) is 0.544. The summed E-state index contributed by atoms with van der Waals surface area (Å²) in [7, 11) is 0. The minimum Gasteiger partial charge on any atom is -0.326 e. The molecule has 0 bridgehead atoms. The summed E-state index contributed by atoms with van der Waals surface area (Å²) in [6.07, 6.45) is 2.99. The topological polar surface area (TPSA) is 58.1 Å². The van der Waals surface area contributed by atoms with Crippen molar-refractivity contribution in [2.75, 3.05) is 25.0 Å². The summed E-state index contributed by atoms with van der Waals surface area (Å²) in [5.41, 5.74) is 3.22. The molecule has 6 heteroatoms. The molecule has 1 N–H and O–H groups in total. The first-order chi connectivity index (χ1) is 15.1. The normalized spacial score (nSPS) is 16.2. The molecule has 1 atom stereocenters. The van der Waals surface area contributed by atoms with Crippen molar-refractivity contribution in [1.82, 2.24) is 15.1 Å². The second-order valence-electron chi connectivity index (χ2n) is 8.41. The van der Waals surface area contributed by atoms with Crippen molar-refractivity contribution >= 4 is 22.9 Å². The molecule has 31 heavy (non-hydrogen) atoms. The van der Waals surface area contributed by atoms with Crippen LogP contribution in [0.5, 0.6) is 0 Å². The molecular weight excluding hydrogens is 404 g/mol. The van der Waals surface area contributed by atoms with Crippen molar-refractivity contribution in [3.05, 3.63) is 65.2 Å². The molecule has 0 saturated carbocycles. The zero-order valence-electron chi connectivity index (χ0n) is 18.3. The molecule has 1 fully saturated rings. The Balaban J connectivity index is 1.25. The number of amides is 1. The zero-order valence-corrected chi connectivity index (χ0v) is 19.1. The molecule has 1 aromatic heterocycles. The monoisotopic (exact) mass is 434 g/mol. The van der Waals surface area contributed by atoms with Gasteiger partial charge in [0.1, 0.15) is 10.0 Å². The number of rotatable bonds is 7. The van der Waals surface area contributed by atoms with E-state index in [4.69, 9.17) is 0 Å². The standard InChI is InChI=1S/C25H30N4OS/c1-18(20-7-4-3-5-8-20)11-14-29-15-12-21(13-16-29)24(30)26-23-10-6-9-22(17-23)25-28-27-19(2)31-25/h3-10,17-18,21H,11-16H2,1-2H3,(H,26,30). The van der Waals surface area contributed by atoms with E-state index in [1.807, 2.05) is 31.2 Å². The van der Waals surface area contributed by atoms with Gasteiger partial charge in [-0.15, -0.1) is 10.2 Å². The maximum atomic E-state index is 12.8. The summed E-state index contributed by atoms with van der Waals surface area (Å²) in [4.78, 5) is 15.3. The molecule has 1 amide bonds. The number of carbonyl (C=O) groups is 1. The van der Waals surface area contributed by atoms with E-state index in [2.05, 4.69) is 57.7 Å². The van der Waals surface area contributed by atoms with Crippen molar-refractivity contribution in [3.8, 4) is 10.6 Å². The highest BCUT2D eigenvalue weighted by atomic mass is 32.1. The lowest BCUT2D eigenvalue weighted by Crippen LogP contribution is -2.38. The maximum Gasteiger partial charge on any atom is 0.227 e. The van der Waals surface area contributed by atoms with E-state index in [-0.39, 0.29) is 11.8 Å². The first-order valence-electron chi connectivity index (χ1n) is 11.1. The molecule has 0 spiro atoms. The number of hydrogen-bond donors (Lipinski definition) is 1. The number of carbonyl (C=O) groups excluding carboxylic acids is 1. The molecule has 162 valence electrons. The predicted octanol–water partition coefficient (Wildman–Crippen LogP) is 5.36. The van der Waals surface area contributed by atoms with Crippen molar-refractivity contribution in [1.29, 1.82) is 0 Å². The summed E-state index contributed by atoms with van der Waals surface area (Å²) in [5.74, 6) is 0.768. The second kappa shape index (κ2) is 10.2. The lowest BCUT2D eigenvalue weighted by atomic mass is 9.94. The molecule has 0 radical (unpaired) electrons. The average Bonchev–Trinajstić information content (AvgIpc) is 3.25. The van der Waals surface area contributed by atoms with E-state index < -0.39 is 0 Å². The summed E-state index contributed by atoms with van der Waals surface area (Å²) >= 11 is 1.56. The molecule has 0 aliphatic carbocycles. The van der Waals surface area contributed by atoms with Crippen molar-refractivity contribution in [2.24, 2.45) is 5.92 Å². The number of benzene rings is 2. The highest BCUT2D eigenvalue weighted by Gasteiger charge is 2.25. The number of aromatic nitrogens is 2. The highest BCUT2D eigenvalue weighted by Crippen LogP contribution is 2.27. The minimum atomic E-state index is 0.0789. The van der Waals surface area contributed by atoms with Gasteiger partial charge >= 0.3 is 0 Å². The predicted molar refractivity (Wildman–Crippen MR) is 127 cm³/mol. The van der Waals surface area contributed by atoms with Gasteiger partial charge in [-0.1, -0.05) is 60.7 Å². The number of nitrogens with zero attached hydrogens (tertiary/aromatic N) is 3. The summed E-state index contributed by atoms with van der Waals surface area (Å²) in [5, 5.41) is 13.2. The molecule has 1 unspecified atom stereocenters. The van der Waals surface area contributed by atoms with Crippen molar-refractivity contribution < 1.29 is 4.79 Å². The Labute approximate surface area is 188 Å². The van der Waals surface area contributed by atoms with Crippen LogP contribution in [0.2, 0.25) is 0 Å². The smallest absolute Gasteiger partial charge is 0.227 e. The third kappa shape index (κ3) is 5.77. The minimum absolute atomic E-state index is 0.0789. The fourth-order valence-corrected chi connectivity index (χ4v) is 4.82. The molecule has 5 nitrogen and oxygen atoms in total. The average molecular weight is 435 g/mol. The van der Waals surface area contributed by atoms with E-state index in [9.17, 15) is 4.79 Å². The second-order valence-corrected chi connectivity index (χ2v) is 9.59. The van der Waals surface area contributed by atoms with E-state index in [1.165, 1.54) is 5.56 Å². The first kappa shape index (κ1) is 21.7. The highest BCUT2D eigenvalue weighted by molar-refractivity contribution is 7.14. The van der Waals surface area contributed by atoms with Gasteiger partial charge in [0.05, 0.1) is 0 Å². The molecule has 3 aromatic rings. The van der Waals surface area contributed by atoms with Crippen LogP contribution in [-0.4, -0.2) is 40.6 Å². The fraction of sp³-hybridized carbons (Fsp3) is 0.400. The van der Waals surface area contributed by atoms with Crippen molar-refractivity contribution in [3.63, 3.8) is 0 Å². The Morgan fingerprint density at radius 3 is 2.61 bits per heavy atom.